The highest BCUT2D eigenvalue weighted by Crippen LogP contribution is 2.14. The zero-order valence-corrected chi connectivity index (χ0v) is 14.1. The minimum Gasteiger partial charge on any atom is -0.478 e. The number of carboxylic acids is 1. The molecule has 1 amide bonds. The third kappa shape index (κ3) is 7.36. The molecule has 1 rings (SSSR count). The standard InChI is InChI=1S/C16H22FNO4S/c1-3-4-9-23-11(2)15(19)18-10-14(16(20)21)22-13-7-5-12(17)6-8-13/h5-8,11,14H,3-4,9-10H2,1-2H3,(H,18,19)(H,20,21). The van der Waals surface area contributed by atoms with E-state index in [4.69, 9.17) is 9.84 Å². The molecule has 0 heterocycles. The molecule has 1 aromatic carbocycles. The average Bonchev–Trinajstić information content (AvgIpc) is 2.52. The van der Waals surface area contributed by atoms with Gasteiger partial charge in [0.15, 0.2) is 0 Å². The number of unbranched alkanes of at least 4 members (excludes halogenated alkanes) is 1. The predicted molar refractivity (Wildman–Crippen MR) is 88.3 cm³/mol. The van der Waals surface area contributed by atoms with Crippen molar-refractivity contribution in [3.05, 3.63) is 30.1 Å². The molecule has 0 fully saturated rings. The number of carboxylic acid groups (broad SMARTS) is 1. The van der Waals surface area contributed by atoms with E-state index in [9.17, 15) is 14.0 Å². The van der Waals surface area contributed by atoms with Crippen molar-refractivity contribution in [2.75, 3.05) is 12.3 Å². The molecular formula is C16H22FNO4S. The molecule has 2 N–H and O–H groups in total. The summed E-state index contributed by atoms with van der Waals surface area (Å²) in [6.45, 7) is 3.71. The van der Waals surface area contributed by atoms with Gasteiger partial charge >= 0.3 is 5.97 Å². The third-order valence-corrected chi connectivity index (χ3v) is 4.30. The van der Waals surface area contributed by atoms with E-state index < -0.39 is 17.9 Å². The van der Waals surface area contributed by atoms with Gasteiger partial charge < -0.3 is 15.2 Å². The Bertz CT molecular complexity index is 509. The van der Waals surface area contributed by atoms with Crippen molar-refractivity contribution in [1.29, 1.82) is 0 Å². The lowest BCUT2D eigenvalue weighted by molar-refractivity contribution is -0.145. The first-order valence-electron chi connectivity index (χ1n) is 7.48. The molecule has 23 heavy (non-hydrogen) atoms. The van der Waals surface area contributed by atoms with Crippen molar-refractivity contribution in [2.45, 2.75) is 38.0 Å². The molecule has 0 bridgehead atoms. The molecule has 0 saturated carbocycles. The van der Waals surface area contributed by atoms with E-state index in [1.807, 2.05) is 0 Å². The fourth-order valence-electron chi connectivity index (χ4n) is 1.67. The molecule has 0 aliphatic rings. The van der Waals surface area contributed by atoms with Crippen molar-refractivity contribution in [1.82, 2.24) is 5.32 Å². The molecule has 5 nitrogen and oxygen atoms in total. The second-order valence-corrected chi connectivity index (χ2v) is 6.46. The van der Waals surface area contributed by atoms with E-state index in [0.717, 1.165) is 18.6 Å². The number of ether oxygens (including phenoxy) is 1. The van der Waals surface area contributed by atoms with Gasteiger partial charge in [-0.2, -0.15) is 0 Å². The first kappa shape index (κ1) is 19.3. The maximum atomic E-state index is 12.8. The summed E-state index contributed by atoms with van der Waals surface area (Å²) in [5, 5.41) is 11.5. The van der Waals surface area contributed by atoms with Gasteiger partial charge in [0.1, 0.15) is 11.6 Å². The Hall–Kier alpha value is -1.76. The van der Waals surface area contributed by atoms with Gasteiger partial charge in [0.05, 0.1) is 11.8 Å². The van der Waals surface area contributed by atoms with Crippen LogP contribution in [0, 0.1) is 5.82 Å². The number of thioether (sulfide) groups is 1. The summed E-state index contributed by atoms with van der Waals surface area (Å²) in [7, 11) is 0. The number of hydrogen-bond donors (Lipinski definition) is 2. The fraction of sp³-hybridized carbons (Fsp3) is 0.500. The molecule has 128 valence electrons. The number of amides is 1. The van der Waals surface area contributed by atoms with Crippen molar-refractivity contribution in [3.8, 4) is 5.75 Å². The molecule has 0 radical (unpaired) electrons. The van der Waals surface area contributed by atoms with Gasteiger partial charge in [-0.05, 0) is 43.4 Å². The molecule has 0 saturated heterocycles. The Kier molecular flexibility index (Phi) is 8.47. The topological polar surface area (TPSA) is 75.6 Å². The van der Waals surface area contributed by atoms with E-state index in [2.05, 4.69) is 12.2 Å². The molecule has 0 aromatic heterocycles. The first-order chi connectivity index (χ1) is 10.9. The normalized spacial score (nSPS) is 13.2. The second kappa shape index (κ2) is 10.1. The summed E-state index contributed by atoms with van der Waals surface area (Å²) in [5.41, 5.74) is 0. The Morgan fingerprint density at radius 1 is 1.35 bits per heavy atom. The number of nitrogens with one attached hydrogen (secondary N) is 1. The number of aliphatic carboxylic acids is 1. The summed E-state index contributed by atoms with van der Waals surface area (Å²) in [6.07, 6.45) is 0.874. The zero-order chi connectivity index (χ0) is 17.2. The zero-order valence-electron chi connectivity index (χ0n) is 13.3. The minimum absolute atomic E-state index is 0.149. The Morgan fingerprint density at radius 3 is 2.57 bits per heavy atom. The van der Waals surface area contributed by atoms with Gasteiger partial charge in [-0.15, -0.1) is 11.8 Å². The SMILES string of the molecule is CCCCSC(C)C(=O)NCC(Oc1ccc(F)cc1)C(=O)O. The van der Waals surface area contributed by atoms with E-state index in [-0.39, 0.29) is 23.5 Å². The van der Waals surface area contributed by atoms with Crippen LogP contribution in [0.4, 0.5) is 4.39 Å². The van der Waals surface area contributed by atoms with Crippen molar-refractivity contribution >= 4 is 23.6 Å². The number of carbonyl (C=O) groups excluding carboxylic acids is 1. The third-order valence-electron chi connectivity index (χ3n) is 3.06. The largest absolute Gasteiger partial charge is 0.478 e. The van der Waals surface area contributed by atoms with E-state index in [1.165, 1.54) is 36.0 Å². The van der Waals surface area contributed by atoms with E-state index in [1.54, 1.807) is 6.92 Å². The number of carbonyl (C=O) groups is 2. The van der Waals surface area contributed by atoms with Crippen molar-refractivity contribution in [3.63, 3.8) is 0 Å². The van der Waals surface area contributed by atoms with Crippen LogP contribution >= 0.6 is 11.8 Å². The number of hydrogen-bond acceptors (Lipinski definition) is 4. The quantitative estimate of drug-likeness (QED) is 0.639. The lowest BCUT2D eigenvalue weighted by atomic mass is 10.3. The van der Waals surface area contributed by atoms with Crippen LogP contribution in [0.2, 0.25) is 0 Å². The van der Waals surface area contributed by atoms with Gasteiger partial charge in [-0.1, -0.05) is 13.3 Å². The van der Waals surface area contributed by atoms with Gasteiger partial charge in [-0.25, -0.2) is 9.18 Å². The number of benzene rings is 1. The van der Waals surface area contributed by atoms with Crippen LogP contribution in [0.3, 0.4) is 0 Å². The predicted octanol–water partition coefficient (Wildman–Crippen LogP) is 2.70. The molecule has 2 unspecified atom stereocenters. The van der Waals surface area contributed by atoms with Crippen molar-refractivity contribution in [2.24, 2.45) is 0 Å². The number of rotatable bonds is 10. The summed E-state index contributed by atoms with van der Waals surface area (Å²) in [4.78, 5) is 23.1. The summed E-state index contributed by atoms with van der Waals surface area (Å²) < 4.78 is 18.1. The summed E-state index contributed by atoms with van der Waals surface area (Å²) in [6, 6.07) is 5.05. The van der Waals surface area contributed by atoms with Crippen molar-refractivity contribution < 1.29 is 23.8 Å². The smallest absolute Gasteiger partial charge is 0.346 e. The van der Waals surface area contributed by atoms with Crippen LogP contribution in [-0.4, -0.2) is 40.6 Å². The monoisotopic (exact) mass is 343 g/mol. The van der Waals surface area contributed by atoms with Crippen LogP contribution in [0.15, 0.2) is 24.3 Å². The van der Waals surface area contributed by atoms with Crippen LogP contribution in [0.25, 0.3) is 0 Å². The molecule has 7 heteroatoms. The highest BCUT2D eigenvalue weighted by Gasteiger charge is 2.22. The lowest BCUT2D eigenvalue weighted by Crippen LogP contribution is -2.42. The number of halogens is 1. The minimum atomic E-state index is -1.22. The summed E-state index contributed by atoms with van der Waals surface area (Å²) >= 11 is 1.53. The van der Waals surface area contributed by atoms with E-state index >= 15 is 0 Å². The molecule has 0 spiro atoms. The van der Waals surface area contributed by atoms with Gasteiger partial charge in [0, 0.05) is 0 Å². The van der Waals surface area contributed by atoms with E-state index in [0.29, 0.717) is 0 Å². The van der Waals surface area contributed by atoms with Crippen LogP contribution in [-0.2, 0) is 9.59 Å². The molecule has 1 aromatic rings. The average molecular weight is 343 g/mol. The van der Waals surface area contributed by atoms with Gasteiger partial charge in [0.2, 0.25) is 12.0 Å². The second-order valence-electron chi connectivity index (χ2n) is 5.01. The molecule has 0 aliphatic carbocycles. The lowest BCUT2D eigenvalue weighted by Gasteiger charge is -2.17. The Morgan fingerprint density at radius 2 is 2.00 bits per heavy atom. The molecule has 2 atom stereocenters. The Labute approximate surface area is 139 Å². The maximum Gasteiger partial charge on any atom is 0.346 e. The Balaban J connectivity index is 2.48. The van der Waals surface area contributed by atoms with Crippen LogP contribution in [0.5, 0.6) is 5.75 Å². The van der Waals surface area contributed by atoms with Gasteiger partial charge in [0.25, 0.3) is 0 Å². The highest BCUT2D eigenvalue weighted by molar-refractivity contribution is 8.00. The van der Waals surface area contributed by atoms with Gasteiger partial charge in [-0.3, -0.25) is 4.79 Å². The van der Waals surface area contributed by atoms with Crippen LogP contribution < -0.4 is 10.1 Å². The fourth-order valence-corrected chi connectivity index (χ4v) is 2.72. The molecule has 0 aliphatic heterocycles. The molecular weight excluding hydrogens is 321 g/mol. The first-order valence-corrected chi connectivity index (χ1v) is 8.53. The van der Waals surface area contributed by atoms with Crippen LogP contribution in [0.1, 0.15) is 26.7 Å². The highest BCUT2D eigenvalue weighted by atomic mass is 32.2. The summed E-state index contributed by atoms with van der Waals surface area (Å²) in [5.74, 6) is -0.727. The maximum absolute atomic E-state index is 12.8.